The lowest BCUT2D eigenvalue weighted by atomic mass is 9.83. The summed E-state index contributed by atoms with van der Waals surface area (Å²) in [6.07, 6.45) is 8.19. The zero-order chi connectivity index (χ0) is 12.5. The summed E-state index contributed by atoms with van der Waals surface area (Å²) in [6.45, 7) is 4.18. The molecule has 0 saturated heterocycles. The van der Waals surface area contributed by atoms with Gasteiger partial charge in [0.25, 0.3) is 0 Å². The van der Waals surface area contributed by atoms with Gasteiger partial charge in [0.05, 0.1) is 5.41 Å². The lowest BCUT2D eigenvalue weighted by Gasteiger charge is -2.31. The van der Waals surface area contributed by atoms with Crippen LogP contribution in [0, 0.1) is 11.3 Å². The Balaban J connectivity index is 1.91. The monoisotopic (exact) mass is 238 g/mol. The van der Waals surface area contributed by atoms with Crippen molar-refractivity contribution < 1.29 is 4.79 Å². The Labute approximate surface area is 105 Å². The van der Waals surface area contributed by atoms with Crippen molar-refractivity contribution in [3.63, 3.8) is 0 Å². The molecule has 0 radical (unpaired) electrons. The molecule has 1 amide bonds. The maximum Gasteiger partial charge on any atom is 0.227 e. The average molecular weight is 238 g/mol. The van der Waals surface area contributed by atoms with E-state index in [1.807, 2.05) is 6.92 Å². The molecular weight excluding hydrogens is 212 g/mol. The van der Waals surface area contributed by atoms with Crippen LogP contribution in [0.25, 0.3) is 0 Å². The third-order valence-electron chi connectivity index (χ3n) is 5.01. The van der Waals surface area contributed by atoms with Crippen molar-refractivity contribution in [2.24, 2.45) is 17.1 Å². The predicted molar refractivity (Wildman–Crippen MR) is 69.5 cm³/mol. The Morgan fingerprint density at radius 3 is 2.47 bits per heavy atom. The normalized spacial score (nSPS) is 36.1. The Morgan fingerprint density at radius 2 is 1.94 bits per heavy atom. The van der Waals surface area contributed by atoms with Crippen molar-refractivity contribution >= 4 is 5.91 Å². The van der Waals surface area contributed by atoms with Crippen LogP contribution in [0.1, 0.15) is 58.8 Å². The van der Waals surface area contributed by atoms with Crippen molar-refractivity contribution in [3.05, 3.63) is 0 Å². The molecule has 0 bridgehead atoms. The van der Waals surface area contributed by atoms with E-state index in [2.05, 4.69) is 12.2 Å². The number of rotatable bonds is 3. The van der Waals surface area contributed by atoms with E-state index in [0.717, 1.165) is 19.3 Å². The minimum Gasteiger partial charge on any atom is -0.353 e. The molecule has 2 saturated carbocycles. The van der Waals surface area contributed by atoms with Crippen molar-refractivity contribution in [1.82, 2.24) is 5.32 Å². The van der Waals surface area contributed by atoms with Gasteiger partial charge in [-0.1, -0.05) is 19.3 Å². The molecule has 2 fully saturated rings. The van der Waals surface area contributed by atoms with Crippen LogP contribution in [0.15, 0.2) is 0 Å². The van der Waals surface area contributed by atoms with Gasteiger partial charge in [0.15, 0.2) is 0 Å². The second kappa shape index (κ2) is 4.97. The molecule has 2 aliphatic rings. The number of nitrogens with one attached hydrogen (secondary N) is 1. The minimum atomic E-state index is -0.327. The fourth-order valence-electron chi connectivity index (χ4n) is 3.42. The van der Waals surface area contributed by atoms with Crippen LogP contribution in [0.3, 0.4) is 0 Å². The highest BCUT2D eigenvalue weighted by Gasteiger charge is 2.43. The van der Waals surface area contributed by atoms with Gasteiger partial charge >= 0.3 is 0 Å². The zero-order valence-electron chi connectivity index (χ0n) is 11.2. The highest BCUT2D eigenvalue weighted by molar-refractivity contribution is 5.83. The van der Waals surface area contributed by atoms with E-state index in [9.17, 15) is 4.79 Å². The molecule has 3 nitrogen and oxygen atoms in total. The van der Waals surface area contributed by atoms with Gasteiger partial charge < -0.3 is 11.1 Å². The number of nitrogens with two attached hydrogens (primary N) is 1. The second-order valence-corrected chi connectivity index (χ2v) is 6.22. The van der Waals surface area contributed by atoms with Crippen LogP contribution >= 0.6 is 0 Å². The first-order valence-electron chi connectivity index (χ1n) is 7.10. The molecule has 98 valence electrons. The molecule has 0 aromatic rings. The summed E-state index contributed by atoms with van der Waals surface area (Å²) in [5.74, 6) is 0.863. The quantitative estimate of drug-likeness (QED) is 0.792. The largest absolute Gasteiger partial charge is 0.353 e. The van der Waals surface area contributed by atoms with Crippen LogP contribution in [0.4, 0.5) is 0 Å². The van der Waals surface area contributed by atoms with Crippen LogP contribution in [-0.2, 0) is 4.79 Å². The molecule has 0 aromatic heterocycles. The van der Waals surface area contributed by atoms with E-state index in [1.165, 1.54) is 25.7 Å². The molecule has 3 atom stereocenters. The molecule has 0 aliphatic heterocycles. The van der Waals surface area contributed by atoms with Gasteiger partial charge in [0.1, 0.15) is 0 Å². The van der Waals surface area contributed by atoms with E-state index in [4.69, 9.17) is 5.73 Å². The molecule has 3 heteroatoms. The van der Waals surface area contributed by atoms with Crippen LogP contribution < -0.4 is 11.1 Å². The summed E-state index contributed by atoms with van der Waals surface area (Å²) >= 11 is 0. The number of hydrogen-bond acceptors (Lipinski definition) is 2. The summed E-state index contributed by atoms with van der Waals surface area (Å²) in [5, 5.41) is 3.22. The third-order valence-corrected chi connectivity index (χ3v) is 5.01. The first-order chi connectivity index (χ1) is 8.04. The molecule has 2 rings (SSSR count). The zero-order valence-corrected chi connectivity index (χ0v) is 11.2. The molecule has 2 aliphatic carbocycles. The minimum absolute atomic E-state index is 0.0401. The molecule has 0 spiro atoms. The van der Waals surface area contributed by atoms with E-state index >= 15 is 0 Å². The maximum absolute atomic E-state index is 12.4. The van der Waals surface area contributed by atoms with Crippen molar-refractivity contribution in [3.8, 4) is 0 Å². The molecule has 0 aromatic carbocycles. The van der Waals surface area contributed by atoms with E-state index in [0.29, 0.717) is 12.0 Å². The SMILES string of the molecule is CC(NC(=O)C1(C)CCCC1N)C1CCCC1. The van der Waals surface area contributed by atoms with Crippen molar-refractivity contribution in [2.45, 2.75) is 70.9 Å². The highest BCUT2D eigenvalue weighted by Crippen LogP contribution is 2.37. The van der Waals surface area contributed by atoms with Gasteiger partial charge in [0.2, 0.25) is 5.91 Å². The number of amides is 1. The van der Waals surface area contributed by atoms with Gasteiger partial charge in [-0.2, -0.15) is 0 Å². The van der Waals surface area contributed by atoms with Gasteiger partial charge in [-0.25, -0.2) is 0 Å². The maximum atomic E-state index is 12.4. The first kappa shape index (κ1) is 12.9. The van der Waals surface area contributed by atoms with Crippen molar-refractivity contribution in [1.29, 1.82) is 0 Å². The Kier molecular flexibility index (Phi) is 3.76. The summed E-state index contributed by atoms with van der Waals surface area (Å²) < 4.78 is 0. The third kappa shape index (κ3) is 2.49. The van der Waals surface area contributed by atoms with Crippen LogP contribution in [-0.4, -0.2) is 18.0 Å². The molecule has 3 N–H and O–H groups in total. The van der Waals surface area contributed by atoms with E-state index in [1.54, 1.807) is 0 Å². The topological polar surface area (TPSA) is 55.1 Å². The molecular formula is C14H26N2O. The predicted octanol–water partition coefficient (Wildman–Crippen LogP) is 2.20. The summed E-state index contributed by atoms with van der Waals surface area (Å²) in [4.78, 5) is 12.4. The number of hydrogen-bond donors (Lipinski definition) is 2. The van der Waals surface area contributed by atoms with Gasteiger partial charge in [-0.3, -0.25) is 4.79 Å². The molecule has 3 unspecified atom stereocenters. The van der Waals surface area contributed by atoms with E-state index in [-0.39, 0.29) is 17.4 Å². The Bertz CT molecular complexity index is 286. The average Bonchev–Trinajstić information content (AvgIpc) is 2.90. The van der Waals surface area contributed by atoms with Crippen LogP contribution in [0.2, 0.25) is 0 Å². The Morgan fingerprint density at radius 1 is 1.29 bits per heavy atom. The van der Waals surface area contributed by atoms with Gasteiger partial charge in [-0.05, 0) is 45.4 Å². The first-order valence-corrected chi connectivity index (χ1v) is 7.10. The standard InChI is InChI=1S/C14H26N2O/c1-10(11-6-3-4-7-11)16-13(17)14(2)9-5-8-12(14)15/h10-12H,3-9,15H2,1-2H3,(H,16,17). The van der Waals surface area contributed by atoms with E-state index < -0.39 is 0 Å². The fourth-order valence-corrected chi connectivity index (χ4v) is 3.42. The second-order valence-electron chi connectivity index (χ2n) is 6.22. The highest BCUT2D eigenvalue weighted by atomic mass is 16.2. The smallest absolute Gasteiger partial charge is 0.227 e. The molecule has 0 heterocycles. The number of carbonyl (C=O) groups excluding carboxylic acids is 1. The van der Waals surface area contributed by atoms with Crippen LogP contribution in [0.5, 0.6) is 0 Å². The Hall–Kier alpha value is -0.570. The summed E-state index contributed by atoms with van der Waals surface area (Å²) in [6, 6.07) is 0.355. The summed E-state index contributed by atoms with van der Waals surface area (Å²) in [5.41, 5.74) is 5.76. The number of carbonyl (C=O) groups is 1. The fraction of sp³-hybridized carbons (Fsp3) is 0.929. The van der Waals surface area contributed by atoms with Gasteiger partial charge in [-0.15, -0.1) is 0 Å². The van der Waals surface area contributed by atoms with Crippen molar-refractivity contribution in [2.75, 3.05) is 0 Å². The lowest BCUT2D eigenvalue weighted by Crippen LogP contribution is -2.50. The summed E-state index contributed by atoms with van der Waals surface area (Å²) in [7, 11) is 0. The van der Waals surface area contributed by atoms with Gasteiger partial charge in [0, 0.05) is 12.1 Å². The molecule has 17 heavy (non-hydrogen) atoms. The lowest BCUT2D eigenvalue weighted by molar-refractivity contribution is -0.131.